The van der Waals surface area contributed by atoms with Gasteiger partial charge in [-0.1, -0.05) is 70.2 Å². The Labute approximate surface area is 277 Å². The lowest BCUT2D eigenvalue weighted by Gasteiger charge is -2.30. The van der Waals surface area contributed by atoms with E-state index in [-0.39, 0.29) is 13.2 Å². The van der Waals surface area contributed by atoms with Crippen LogP contribution in [-0.2, 0) is 6.54 Å². The third kappa shape index (κ3) is 11.6. The molecule has 1 aliphatic rings. The molecule has 2 heterocycles. The van der Waals surface area contributed by atoms with Gasteiger partial charge in [-0.15, -0.1) is 0 Å². The summed E-state index contributed by atoms with van der Waals surface area (Å²) in [6.45, 7) is 4.63. The highest BCUT2D eigenvalue weighted by Crippen LogP contribution is 2.24. The van der Waals surface area contributed by atoms with Gasteiger partial charge >= 0.3 is 0 Å². The smallest absolute Gasteiger partial charge is 0.171 e. The van der Waals surface area contributed by atoms with Gasteiger partial charge in [0.1, 0.15) is 19.7 Å². The first-order chi connectivity index (χ1) is 21.9. The number of likely N-dealkylation sites (N-methyl/N-ethyl adjacent to an activating group) is 1. The number of quaternary nitrogens is 1. The van der Waals surface area contributed by atoms with E-state index in [1.54, 1.807) is 0 Å². The zero-order valence-corrected chi connectivity index (χ0v) is 28.5. The second-order valence-corrected chi connectivity index (χ2v) is 14.3. The number of hydrogen-bond donors (Lipinski definition) is 2. The molecule has 238 valence electrons. The molecule has 1 unspecified atom stereocenters. The second-order valence-electron chi connectivity index (χ2n) is 11.6. The van der Waals surface area contributed by atoms with Gasteiger partial charge in [0.15, 0.2) is 18.9 Å². The highest BCUT2D eigenvalue weighted by molar-refractivity contribution is 8.76. The molecule has 1 atom stereocenters. The Balaban J connectivity index is 1.11. The lowest BCUT2D eigenvalue weighted by atomic mass is 10.1. The molecule has 0 aliphatic carbocycles. The first kappa shape index (κ1) is 34.6. The molecule has 45 heavy (non-hydrogen) atoms. The minimum absolute atomic E-state index is 0.150. The molecule has 0 spiro atoms. The van der Waals surface area contributed by atoms with Crippen molar-refractivity contribution in [2.45, 2.75) is 6.54 Å². The number of aromatic nitrogens is 1. The van der Waals surface area contributed by atoms with Crippen molar-refractivity contribution < 1.29 is 19.3 Å². The van der Waals surface area contributed by atoms with Crippen LogP contribution < -0.4 is 14.4 Å². The topological polar surface area (TPSA) is 50.8 Å². The number of pyridine rings is 1. The predicted molar refractivity (Wildman–Crippen MR) is 196 cm³/mol. The highest BCUT2D eigenvalue weighted by atomic mass is 33.1. The number of nitrogens with zero attached hydrogens (tertiary/aromatic N) is 4. The van der Waals surface area contributed by atoms with Gasteiger partial charge in [0, 0.05) is 62.2 Å². The van der Waals surface area contributed by atoms with Crippen molar-refractivity contribution in [3.05, 3.63) is 120 Å². The molecular formula is C37H48N4O2S2+2. The van der Waals surface area contributed by atoms with Crippen molar-refractivity contribution >= 4 is 51.2 Å². The fraction of sp³-hybridized carbons (Fsp3) is 0.324. The van der Waals surface area contributed by atoms with Gasteiger partial charge in [0.2, 0.25) is 0 Å². The number of rotatable bonds is 17. The Kier molecular flexibility index (Phi) is 13.9. The molecule has 0 fully saturated rings. The van der Waals surface area contributed by atoms with Gasteiger partial charge in [-0.05, 0) is 58.7 Å². The van der Waals surface area contributed by atoms with Gasteiger partial charge in [0.05, 0.1) is 19.9 Å². The average Bonchev–Trinajstić information content (AvgIpc) is 3.06. The van der Waals surface area contributed by atoms with Crippen LogP contribution >= 0.6 is 21.6 Å². The number of aliphatic hydroxyl groups excluding tert-OH is 2. The number of hydrogen-bond acceptors (Lipinski definition) is 6. The number of benzene rings is 2. The van der Waals surface area contributed by atoms with Crippen LogP contribution in [0.25, 0.3) is 18.2 Å². The molecule has 3 aromatic rings. The van der Waals surface area contributed by atoms with E-state index in [1.165, 1.54) is 28.1 Å². The summed E-state index contributed by atoms with van der Waals surface area (Å²) >= 11 is 0. The van der Waals surface area contributed by atoms with Crippen LogP contribution in [0.3, 0.4) is 0 Å². The van der Waals surface area contributed by atoms with Crippen LogP contribution in [-0.4, -0.2) is 86.7 Å². The van der Waals surface area contributed by atoms with Crippen molar-refractivity contribution in [3.8, 4) is 0 Å². The van der Waals surface area contributed by atoms with Crippen LogP contribution in [0.1, 0.15) is 16.7 Å². The predicted octanol–water partition coefficient (Wildman–Crippen LogP) is 6.00. The zero-order valence-electron chi connectivity index (χ0n) is 26.8. The maximum atomic E-state index is 9.26. The maximum absolute atomic E-state index is 9.26. The third-order valence-corrected chi connectivity index (χ3v) is 10.3. The van der Waals surface area contributed by atoms with Gasteiger partial charge in [0.25, 0.3) is 0 Å². The highest BCUT2D eigenvalue weighted by Gasteiger charge is 2.19. The standard InChI is InChI=1S/C37H48N4O2S2/c1-38(36-12-8-32(9-13-36)4-6-34-16-20-40(21-17-34)22-28-42)23-30-44-45-31-24-39(2)37-14-10-33(11-15-37)5-7-35-18-25-41(3,26-19-35)27-29-43/h4-21,25,42-43H,22-24,26-31H2,1-3H3/q+2/b7-5+. The number of anilines is 2. The van der Waals surface area contributed by atoms with Crippen molar-refractivity contribution in [2.24, 2.45) is 0 Å². The number of allylic oxidation sites excluding steroid dienone is 3. The molecule has 2 aromatic carbocycles. The molecular weight excluding hydrogens is 597 g/mol. The van der Waals surface area contributed by atoms with Crippen LogP contribution in [0, 0.1) is 0 Å². The third-order valence-electron chi connectivity index (χ3n) is 7.96. The molecule has 1 aromatic heterocycles. The molecule has 0 saturated heterocycles. The van der Waals surface area contributed by atoms with E-state index in [1.807, 2.05) is 38.5 Å². The molecule has 4 rings (SSSR count). The summed E-state index contributed by atoms with van der Waals surface area (Å²) in [5.74, 6) is 2.15. The van der Waals surface area contributed by atoms with E-state index in [0.717, 1.165) is 47.7 Å². The quantitative estimate of drug-likeness (QED) is 0.0815. The van der Waals surface area contributed by atoms with Crippen molar-refractivity contribution in [1.29, 1.82) is 0 Å². The monoisotopic (exact) mass is 644 g/mol. The Morgan fingerprint density at radius 3 is 1.71 bits per heavy atom. The summed E-state index contributed by atoms with van der Waals surface area (Å²) in [6, 6.07) is 21.6. The summed E-state index contributed by atoms with van der Waals surface area (Å²) in [7, 11) is 10.3. The fourth-order valence-electron chi connectivity index (χ4n) is 4.86. The van der Waals surface area contributed by atoms with Crippen molar-refractivity contribution in [3.63, 3.8) is 0 Å². The van der Waals surface area contributed by atoms with Gasteiger partial charge in [-0.3, -0.25) is 4.48 Å². The maximum Gasteiger partial charge on any atom is 0.171 e. The Hall–Kier alpha value is -3.27. The van der Waals surface area contributed by atoms with Crippen LogP contribution in [0.4, 0.5) is 11.4 Å². The summed E-state index contributed by atoms with van der Waals surface area (Å²) in [5, 5.41) is 18.3. The molecule has 0 radical (unpaired) electrons. The van der Waals surface area contributed by atoms with Crippen molar-refractivity contribution in [1.82, 2.24) is 0 Å². The molecule has 0 saturated carbocycles. The van der Waals surface area contributed by atoms with E-state index in [0.29, 0.717) is 6.54 Å². The first-order valence-electron chi connectivity index (χ1n) is 15.5. The van der Waals surface area contributed by atoms with Gasteiger partial charge in [-0.25, -0.2) is 4.57 Å². The normalized spacial score (nSPS) is 16.4. The minimum atomic E-state index is 0.150. The molecule has 0 bridgehead atoms. The SMILES string of the molecule is CN(CCSSCCN(C)c1ccc(/C=C/c2cc[n+](CCO)cc2)cc1)c1ccc(/C=C/C2=CC[N+](C)(CCO)C=C2)cc1. The molecule has 8 heteroatoms. The van der Waals surface area contributed by atoms with E-state index < -0.39 is 0 Å². The van der Waals surface area contributed by atoms with E-state index in [9.17, 15) is 5.11 Å². The van der Waals surface area contributed by atoms with Gasteiger partial charge in [-0.2, -0.15) is 0 Å². The lowest BCUT2D eigenvalue weighted by molar-refractivity contribution is -0.854. The minimum Gasteiger partial charge on any atom is -0.390 e. The Bertz CT molecular complexity index is 1440. The second kappa shape index (κ2) is 18.0. The van der Waals surface area contributed by atoms with Crippen LogP contribution in [0.2, 0.25) is 0 Å². The summed E-state index contributed by atoms with van der Waals surface area (Å²) in [5.41, 5.74) is 7.19. The van der Waals surface area contributed by atoms with Gasteiger partial charge < -0.3 is 20.0 Å². The number of aliphatic hydroxyl groups is 2. The van der Waals surface area contributed by atoms with E-state index >= 15 is 0 Å². The zero-order chi connectivity index (χ0) is 31.9. The molecule has 6 nitrogen and oxygen atoms in total. The van der Waals surface area contributed by atoms with E-state index in [2.05, 4.69) is 134 Å². The molecule has 2 N–H and O–H groups in total. The summed E-state index contributed by atoms with van der Waals surface area (Å²) < 4.78 is 2.72. The van der Waals surface area contributed by atoms with Crippen LogP contribution in [0.15, 0.2) is 103 Å². The largest absolute Gasteiger partial charge is 0.390 e. The van der Waals surface area contributed by atoms with Crippen LogP contribution in [0.5, 0.6) is 0 Å². The first-order valence-corrected chi connectivity index (χ1v) is 18.0. The average molecular weight is 645 g/mol. The lowest BCUT2D eigenvalue weighted by Crippen LogP contribution is -2.42. The molecule has 0 amide bonds. The Morgan fingerprint density at radius 2 is 1.24 bits per heavy atom. The summed E-state index contributed by atoms with van der Waals surface area (Å²) in [6.07, 6.45) is 19.1. The summed E-state index contributed by atoms with van der Waals surface area (Å²) in [4.78, 5) is 4.63. The Morgan fingerprint density at radius 1 is 0.733 bits per heavy atom. The van der Waals surface area contributed by atoms with E-state index in [4.69, 9.17) is 5.11 Å². The molecule has 1 aliphatic heterocycles. The van der Waals surface area contributed by atoms with Crippen molar-refractivity contribution in [2.75, 3.05) is 81.8 Å². The fourth-order valence-corrected chi connectivity index (χ4v) is 6.95.